The Kier molecular flexibility index (Phi) is 4.59. The summed E-state index contributed by atoms with van der Waals surface area (Å²) in [5.74, 6) is -0.205. The maximum absolute atomic E-state index is 11.6. The molecular formula is C17H20ClN3O2. The first kappa shape index (κ1) is 15.9. The van der Waals surface area contributed by atoms with E-state index < -0.39 is 0 Å². The average molecular weight is 334 g/mol. The van der Waals surface area contributed by atoms with Crippen molar-refractivity contribution in [1.82, 2.24) is 9.47 Å². The number of benzene rings is 1. The van der Waals surface area contributed by atoms with Crippen molar-refractivity contribution < 1.29 is 5.11 Å². The van der Waals surface area contributed by atoms with Gasteiger partial charge in [0.15, 0.2) is 5.75 Å². The Hall–Kier alpha value is -1.98. The molecule has 0 aliphatic carbocycles. The van der Waals surface area contributed by atoms with Crippen LogP contribution in [0.4, 0.5) is 5.69 Å². The van der Waals surface area contributed by atoms with Gasteiger partial charge in [-0.1, -0.05) is 11.6 Å². The number of rotatable bonds is 3. The molecule has 122 valence electrons. The minimum absolute atomic E-state index is 0.205. The lowest BCUT2D eigenvalue weighted by Crippen LogP contribution is -2.46. The van der Waals surface area contributed by atoms with Crippen LogP contribution in [-0.4, -0.2) is 40.8 Å². The van der Waals surface area contributed by atoms with E-state index in [2.05, 4.69) is 9.80 Å². The Bertz CT molecular complexity index is 734. The zero-order valence-electron chi connectivity index (χ0n) is 13.1. The molecule has 1 saturated heterocycles. The van der Waals surface area contributed by atoms with Crippen molar-refractivity contribution in [1.29, 1.82) is 0 Å². The Balaban J connectivity index is 1.62. The van der Waals surface area contributed by atoms with Gasteiger partial charge < -0.3 is 14.6 Å². The van der Waals surface area contributed by atoms with Crippen LogP contribution in [0.3, 0.4) is 0 Å². The van der Waals surface area contributed by atoms with Crippen LogP contribution in [0, 0.1) is 0 Å². The smallest absolute Gasteiger partial charge is 0.223 e. The molecule has 0 bridgehead atoms. The number of aromatic hydroxyl groups is 1. The Morgan fingerprint density at radius 1 is 1.13 bits per heavy atom. The summed E-state index contributed by atoms with van der Waals surface area (Å²) in [6.07, 6.45) is 1.47. The number of hydrogen-bond acceptors (Lipinski definition) is 4. The molecule has 1 aromatic heterocycles. The van der Waals surface area contributed by atoms with E-state index in [1.54, 1.807) is 0 Å². The van der Waals surface area contributed by atoms with Crippen molar-refractivity contribution in [3.05, 3.63) is 57.5 Å². The molecule has 0 saturated carbocycles. The van der Waals surface area contributed by atoms with Gasteiger partial charge in [-0.05, 0) is 24.3 Å². The SMILES string of the molecule is Cn1cc(O)c(=O)cc1CN1CCN(c2ccc(Cl)cc2)CC1. The first-order valence-electron chi connectivity index (χ1n) is 7.64. The molecule has 1 aliphatic rings. The lowest BCUT2D eigenvalue weighted by molar-refractivity contribution is 0.244. The second-order valence-corrected chi connectivity index (χ2v) is 6.30. The summed E-state index contributed by atoms with van der Waals surface area (Å²) in [6, 6.07) is 9.43. The maximum atomic E-state index is 11.6. The summed E-state index contributed by atoms with van der Waals surface area (Å²) in [5, 5.41) is 10.2. The Morgan fingerprint density at radius 2 is 1.78 bits per heavy atom. The highest BCUT2D eigenvalue weighted by Crippen LogP contribution is 2.20. The number of nitrogens with zero attached hydrogens (tertiary/aromatic N) is 3. The van der Waals surface area contributed by atoms with Crippen molar-refractivity contribution >= 4 is 17.3 Å². The third-order valence-corrected chi connectivity index (χ3v) is 4.52. The quantitative estimate of drug-likeness (QED) is 0.934. The molecule has 1 N–H and O–H groups in total. The van der Waals surface area contributed by atoms with Crippen LogP contribution in [-0.2, 0) is 13.6 Å². The molecule has 1 aromatic carbocycles. The van der Waals surface area contributed by atoms with Gasteiger partial charge in [-0.25, -0.2) is 0 Å². The molecule has 1 fully saturated rings. The van der Waals surface area contributed by atoms with Crippen molar-refractivity contribution in [2.24, 2.45) is 7.05 Å². The molecule has 2 heterocycles. The van der Waals surface area contributed by atoms with E-state index in [1.165, 1.54) is 18.0 Å². The molecule has 3 rings (SSSR count). The minimum atomic E-state index is -0.321. The van der Waals surface area contributed by atoms with E-state index in [0.717, 1.165) is 36.9 Å². The molecular weight excluding hydrogens is 314 g/mol. The molecule has 2 aromatic rings. The van der Waals surface area contributed by atoms with E-state index in [4.69, 9.17) is 11.6 Å². The third-order valence-electron chi connectivity index (χ3n) is 4.27. The molecule has 0 spiro atoms. The highest BCUT2D eigenvalue weighted by molar-refractivity contribution is 6.30. The van der Waals surface area contributed by atoms with Crippen LogP contribution in [0.5, 0.6) is 5.75 Å². The van der Waals surface area contributed by atoms with Crippen LogP contribution in [0.1, 0.15) is 5.69 Å². The van der Waals surface area contributed by atoms with Crippen molar-refractivity contribution in [3.63, 3.8) is 0 Å². The van der Waals surface area contributed by atoms with Crippen LogP contribution < -0.4 is 10.3 Å². The molecule has 5 nitrogen and oxygen atoms in total. The highest BCUT2D eigenvalue weighted by Gasteiger charge is 2.18. The first-order valence-corrected chi connectivity index (χ1v) is 8.02. The highest BCUT2D eigenvalue weighted by atomic mass is 35.5. The number of pyridine rings is 1. The lowest BCUT2D eigenvalue weighted by atomic mass is 10.2. The van der Waals surface area contributed by atoms with Gasteiger partial charge >= 0.3 is 0 Å². The van der Waals surface area contributed by atoms with E-state index in [1.807, 2.05) is 35.9 Å². The fourth-order valence-electron chi connectivity index (χ4n) is 2.86. The molecule has 6 heteroatoms. The zero-order valence-corrected chi connectivity index (χ0v) is 13.8. The molecule has 1 aliphatic heterocycles. The number of anilines is 1. The summed E-state index contributed by atoms with van der Waals surface area (Å²) in [7, 11) is 1.85. The predicted molar refractivity (Wildman–Crippen MR) is 92.3 cm³/mol. The van der Waals surface area contributed by atoms with Gasteiger partial charge in [-0.2, -0.15) is 0 Å². The van der Waals surface area contributed by atoms with Crippen molar-refractivity contribution in [2.75, 3.05) is 31.1 Å². The number of aromatic nitrogens is 1. The third kappa shape index (κ3) is 3.68. The summed E-state index contributed by atoms with van der Waals surface area (Å²) >= 11 is 5.93. The molecule has 0 radical (unpaired) electrons. The van der Waals surface area contributed by atoms with Crippen molar-refractivity contribution in [2.45, 2.75) is 6.54 Å². The number of hydrogen-bond donors (Lipinski definition) is 1. The van der Waals surface area contributed by atoms with E-state index >= 15 is 0 Å². The van der Waals surface area contributed by atoms with Crippen LogP contribution in [0.15, 0.2) is 41.3 Å². The normalized spacial score (nSPS) is 15.8. The monoisotopic (exact) mass is 333 g/mol. The second kappa shape index (κ2) is 6.64. The standard InChI is InChI=1S/C17H20ClN3O2/c1-19-12-17(23)16(22)10-15(19)11-20-6-8-21(9-7-20)14-4-2-13(18)3-5-14/h2-5,10,12,23H,6-9,11H2,1H3. The molecule has 23 heavy (non-hydrogen) atoms. The molecule has 0 unspecified atom stereocenters. The Labute approximate surface area is 140 Å². The molecule has 0 atom stereocenters. The van der Waals surface area contributed by atoms with E-state index in [9.17, 15) is 9.90 Å². The largest absolute Gasteiger partial charge is 0.503 e. The lowest BCUT2D eigenvalue weighted by Gasteiger charge is -2.36. The Morgan fingerprint density at radius 3 is 2.43 bits per heavy atom. The van der Waals surface area contributed by atoms with Crippen molar-refractivity contribution in [3.8, 4) is 5.75 Å². The first-order chi connectivity index (χ1) is 11.0. The average Bonchev–Trinajstić information content (AvgIpc) is 2.54. The van der Waals surface area contributed by atoms with Gasteiger partial charge in [0.25, 0.3) is 0 Å². The van der Waals surface area contributed by atoms with Gasteiger partial charge in [0.05, 0.1) is 0 Å². The summed E-state index contributed by atoms with van der Waals surface area (Å²) in [5.41, 5.74) is 1.77. The number of halogens is 1. The number of piperazine rings is 1. The van der Waals surface area contributed by atoms with Gasteiger partial charge in [-0.3, -0.25) is 9.69 Å². The van der Waals surface area contributed by atoms with E-state index in [0.29, 0.717) is 6.54 Å². The summed E-state index contributed by atoms with van der Waals surface area (Å²) in [6.45, 7) is 4.44. The second-order valence-electron chi connectivity index (χ2n) is 5.86. The van der Waals surface area contributed by atoms with E-state index in [-0.39, 0.29) is 11.2 Å². The van der Waals surface area contributed by atoms with Crippen LogP contribution in [0.2, 0.25) is 5.02 Å². The topological polar surface area (TPSA) is 48.7 Å². The molecule has 0 amide bonds. The van der Waals surface area contributed by atoms with Gasteiger partial charge in [0, 0.05) is 68.4 Å². The fourth-order valence-corrected chi connectivity index (χ4v) is 2.99. The van der Waals surface area contributed by atoms with Gasteiger partial charge in [0.1, 0.15) is 0 Å². The zero-order chi connectivity index (χ0) is 16.4. The van der Waals surface area contributed by atoms with Crippen LogP contribution >= 0.6 is 11.6 Å². The fraction of sp³-hybridized carbons (Fsp3) is 0.353. The summed E-state index contributed by atoms with van der Waals surface area (Å²) in [4.78, 5) is 16.3. The number of aryl methyl sites for hydroxylation is 1. The maximum Gasteiger partial charge on any atom is 0.223 e. The van der Waals surface area contributed by atoms with Crippen LogP contribution in [0.25, 0.3) is 0 Å². The minimum Gasteiger partial charge on any atom is -0.503 e. The van der Waals surface area contributed by atoms with Gasteiger partial charge in [0.2, 0.25) is 5.43 Å². The van der Waals surface area contributed by atoms with Gasteiger partial charge in [-0.15, -0.1) is 0 Å². The predicted octanol–water partition coefficient (Wildman–Crippen LogP) is 2.07. The summed E-state index contributed by atoms with van der Waals surface area (Å²) < 4.78 is 1.81.